The molecule has 0 amide bonds. The van der Waals surface area contributed by atoms with E-state index in [-0.39, 0.29) is 33.8 Å². The average molecular weight is 579 g/mol. The lowest BCUT2D eigenvalue weighted by molar-refractivity contribution is -0.141. The molecule has 0 unspecified atom stereocenters. The largest absolute Gasteiger partial charge is 0.433 e. The maximum atomic E-state index is 14.9. The number of aromatic nitrogens is 4. The standard InChI is InChI=1S/C27H24F6N6O2/c1-14(17-4-3-5-18(22(17)28)24(29)30)35-25-19-13-39(38-8-10-41-11-9-38)26(40)21(23(19)36-15(2)37-25)16-6-7-20(34-12-16)27(31,32)33/h3-7,12-14,24H,8-11H2,1-2H3,(H,35,36,37)/t14-/m1/s1. The molecule has 3 aromatic heterocycles. The Morgan fingerprint density at radius 1 is 1.05 bits per heavy atom. The van der Waals surface area contributed by atoms with Gasteiger partial charge in [0.25, 0.3) is 12.0 Å². The summed E-state index contributed by atoms with van der Waals surface area (Å²) in [6.45, 7) is 4.51. The Kier molecular flexibility index (Phi) is 7.60. The van der Waals surface area contributed by atoms with Crippen LogP contribution in [0.4, 0.5) is 32.2 Å². The van der Waals surface area contributed by atoms with Crippen molar-refractivity contribution in [3.05, 3.63) is 81.5 Å². The lowest BCUT2D eigenvalue weighted by Crippen LogP contribution is -2.49. The lowest BCUT2D eigenvalue weighted by Gasteiger charge is -2.31. The van der Waals surface area contributed by atoms with E-state index in [0.29, 0.717) is 31.7 Å². The van der Waals surface area contributed by atoms with Crippen molar-refractivity contribution in [3.63, 3.8) is 0 Å². The summed E-state index contributed by atoms with van der Waals surface area (Å²) < 4.78 is 87.8. The van der Waals surface area contributed by atoms with Gasteiger partial charge >= 0.3 is 6.18 Å². The minimum Gasteiger partial charge on any atom is -0.378 e. The molecule has 1 fully saturated rings. The minimum absolute atomic E-state index is 0.0118. The molecule has 1 aliphatic heterocycles. The first-order valence-electron chi connectivity index (χ1n) is 12.6. The van der Waals surface area contributed by atoms with Crippen LogP contribution < -0.4 is 15.9 Å². The molecule has 4 heterocycles. The lowest BCUT2D eigenvalue weighted by atomic mass is 10.0. The van der Waals surface area contributed by atoms with E-state index in [1.165, 1.54) is 23.0 Å². The van der Waals surface area contributed by atoms with Crippen LogP contribution in [0.5, 0.6) is 0 Å². The summed E-state index contributed by atoms with van der Waals surface area (Å²) in [5.41, 5.74) is -2.21. The van der Waals surface area contributed by atoms with Gasteiger partial charge in [0.1, 0.15) is 23.2 Å². The first-order valence-corrected chi connectivity index (χ1v) is 12.6. The van der Waals surface area contributed by atoms with Crippen LogP contribution >= 0.6 is 0 Å². The fourth-order valence-corrected chi connectivity index (χ4v) is 4.70. The molecule has 0 radical (unpaired) electrons. The summed E-state index contributed by atoms with van der Waals surface area (Å²) in [5, 5.41) is 5.06. The van der Waals surface area contributed by atoms with E-state index in [0.717, 1.165) is 24.4 Å². The molecule has 0 spiro atoms. The molecule has 1 aromatic carbocycles. The second-order valence-electron chi connectivity index (χ2n) is 9.45. The zero-order chi connectivity index (χ0) is 29.5. The third-order valence-electron chi connectivity index (χ3n) is 6.72. The molecule has 14 heteroatoms. The minimum atomic E-state index is -4.67. The van der Waals surface area contributed by atoms with E-state index >= 15 is 0 Å². The SMILES string of the molecule is Cc1nc(N[C@H](C)c2cccc(C(F)F)c2F)c2cn(N3CCOCC3)c(=O)c(-c3ccc(C(F)(F)F)nc3)c2n1. The molecule has 216 valence electrons. The van der Waals surface area contributed by atoms with Crippen LogP contribution in [-0.4, -0.2) is 45.9 Å². The van der Waals surface area contributed by atoms with Crippen molar-refractivity contribution in [2.75, 3.05) is 36.6 Å². The molecule has 41 heavy (non-hydrogen) atoms. The first kappa shape index (κ1) is 28.3. The number of benzene rings is 1. The zero-order valence-corrected chi connectivity index (χ0v) is 21.8. The number of hydrogen-bond acceptors (Lipinski definition) is 7. The summed E-state index contributed by atoms with van der Waals surface area (Å²) in [4.78, 5) is 26.2. The van der Waals surface area contributed by atoms with Crippen molar-refractivity contribution in [1.29, 1.82) is 0 Å². The van der Waals surface area contributed by atoms with Crippen LogP contribution in [0.2, 0.25) is 0 Å². The number of nitrogens with one attached hydrogen (secondary N) is 1. The Balaban J connectivity index is 1.69. The predicted molar refractivity (Wildman–Crippen MR) is 139 cm³/mol. The monoisotopic (exact) mass is 578 g/mol. The van der Waals surface area contributed by atoms with E-state index in [9.17, 15) is 31.1 Å². The predicted octanol–water partition coefficient (Wildman–Crippen LogP) is 5.40. The van der Waals surface area contributed by atoms with Crippen LogP contribution in [-0.2, 0) is 10.9 Å². The van der Waals surface area contributed by atoms with Gasteiger partial charge in [0, 0.05) is 23.5 Å². The van der Waals surface area contributed by atoms with Crippen molar-refractivity contribution in [1.82, 2.24) is 19.6 Å². The topological polar surface area (TPSA) is 85.2 Å². The van der Waals surface area contributed by atoms with Crippen molar-refractivity contribution in [2.24, 2.45) is 0 Å². The number of nitrogens with zero attached hydrogens (tertiary/aromatic N) is 5. The Morgan fingerprint density at radius 3 is 2.39 bits per heavy atom. The van der Waals surface area contributed by atoms with Gasteiger partial charge in [-0.1, -0.05) is 24.3 Å². The molecular formula is C27H24F6N6O2. The Labute approximate surface area is 229 Å². The maximum absolute atomic E-state index is 14.9. The highest BCUT2D eigenvalue weighted by Crippen LogP contribution is 2.33. The highest BCUT2D eigenvalue weighted by molar-refractivity contribution is 5.98. The summed E-state index contributed by atoms with van der Waals surface area (Å²) in [7, 11) is 0. The van der Waals surface area contributed by atoms with Crippen LogP contribution in [0, 0.1) is 12.7 Å². The number of alkyl halides is 5. The number of hydrogen-bond donors (Lipinski definition) is 1. The highest BCUT2D eigenvalue weighted by Gasteiger charge is 2.32. The summed E-state index contributed by atoms with van der Waals surface area (Å²) in [5.74, 6) is -0.678. The Bertz CT molecular complexity index is 1640. The molecule has 0 saturated carbocycles. The van der Waals surface area contributed by atoms with E-state index in [1.54, 1.807) is 18.9 Å². The number of halogens is 6. The average Bonchev–Trinajstić information content (AvgIpc) is 2.92. The van der Waals surface area contributed by atoms with Gasteiger partial charge in [0.05, 0.1) is 54.4 Å². The number of rotatable bonds is 6. The van der Waals surface area contributed by atoms with Crippen molar-refractivity contribution in [2.45, 2.75) is 32.5 Å². The highest BCUT2D eigenvalue weighted by atomic mass is 19.4. The third-order valence-corrected chi connectivity index (χ3v) is 6.72. The van der Waals surface area contributed by atoms with Crippen molar-refractivity contribution in [3.8, 4) is 11.1 Å². The summed E-state index contributed by atoms with van der Waals surface area (Å²) in [6, 6.07) is 4.79. The molecule has 0 bridgehead atoms. The van der Waals surface area contributed by atoms with Gasteiger partial charge in [-0.15, -0.1) is 0 Å². The molecule has 1 atom stereocenters. The fourth-order valence-electron chi connectivity index (χ4n) is 4.70. The van der Waals surface area contributed by atoms with Crippen molar-refractivity contribution >= 4 is 16.7 Å². The maximum Gasteiger partial charge on any atom is 0.433 e. The number of morpholine rings is 1. The molecule has 8 nitrogen and oxygen atoms in total. The molecule has 0 aliphatic carbocycles. The van der Waals surface area contributed by atoms with Crippen LogP contribution in [0.25, 0.3) is 22.0 Å². The van der Waals surface area contributed by atoms with Gasteiger partial charge in [-0.25, -0.2) is 27.8 Å². The van der Waals surface area contributed by atoms with E-state index in [4.69, 9.17) is 4.74 Å². The van der Waals surface area contributed by atoms with Gasteiger partial charge in [0.15, 0.2) is 0 Å². The van der Waals surface area contributed by atoms with Gasteiger partial charge < -0.3 is 15.1 Å². The molecule has 1 aliphatic rings. The quantitative estimate of drug-likeness (QED) is 0.307. The molecule has 1 saturated heterocycles. The summed E-state index contributed by atoms with van der Waals surface area (Å²) >= 11 is 0. The number of aryl methyl sites for hydroxylation is 1. The number of pyridine rings is 2. The Morgan fingerprint density at radius 2 is 1.76 bits per heavy atom. The smallest absolute Gasteiger partial charge is 0.378 e. The second kappa shape index (κ2) is 11.0. The zero-order valence-electron chi connectivity index (χ0n) is 21.8. The van der Waals surface area contributed by atoms with Gasteiger partial charge in [-0.05, 0) is 19.9 Å². The number of ether oxygens (including phenoxy) is 1. The van der Waals surface area contributed by atoms with E-state index < -0.39 is 41.3 Å². The van der Waals surface area contributed by atoms with Gasteiger partial charge in [-0.2, -0.15) is 13.2 Å². The summed E-state index contributed by atoms with van der Waals surface area (Å²) in [6.07, 6.45) is -5.23. The third kappa shape index (κ3) is 5.56. The van der Waals surface area contributed by atoms with E-state index in [1.807, 2.05) is 0 Å². The van der Waals surface area contributed by atoms with Crippen LogP contribution in [0.3, 0.4) is 0 Å². The number of anilines is 1. The molecular weight excluding hydrogens is 554 g/mol. The second-order valence-corrected chi connectivity index (χ2v) is 9.45. The first-order chi connectivity index (χ1) is 19.5. The molecule has 4 aromatic rings. The Hall–Kier alpha value is -4.20. The van der Waals surface area contributed by atoms with Crippen LogP contribution in [0.1, 0.15) is 42.0 Å². The molecule has 5 rings (SSSR count). The normalized spacial score (nSPS) is 15.0. The number of fused-ring (bicyclic) bond motifs is 1. The molecule has 1 N–H and O–H groups in total. The van der Waals surface area contributed by atoms with E-state index in [2.05, 4.69) is 20.3 Å². The van der Waals surface area contributed by atoms with Crippen molar-refractivity contribution < 1.29 is 31.1 Å². The van der Waals surface area contributed by atoms with Gasteiger partial charge in [-0.3, -0.25) is 9.78 Å². The fraction of sp³-hybridized carbons (Fsp3) is 0.333. The van der Waals surface area contributed by atoms with Gasteiger partial charge in [0.2, 0.25) is 0 Å². The van der Waals surface area contributed by atoms with Crippen LogP contribution in [0.15, 0.2) is 47.5 Å².